The van der Waals surface area contributed by atoms with Crippen LogP contribution >= 0.6 is 7.53 Å². The average Bonchev–Trinajstić information content (AvgIpc) is 4.33. The lowest BCUT2D eigenvalue weighted by Crippen LogP contribution is -2.09. The van der Waals surface area contributed by atoms with E-state index >= 15 is 0 Å². The van der Waals surface area contributed by atoms with E-state index in [9.17, 15) is 0 Å². The van der Waals surface area contributed by atoms with Crippen molar-refractivity contribution in [3.05, 3.63) is 261 Å². The third kappa shape index (κ3) is 7.09. The van der Waals surface area contributed by atoms with E-state index in [0.717, 1.165) is 72.4 Å². The Kier molecular flexibility index (Phi) is 9.97. The molecule has 0 spiro atoms. The normalized spacial score (nSPS) is 12.0. The predicted octanol–water partition coefficient (Wildman–Crippen LogP) is 18.4. The highest BCUT2D eigenvalue weighted by Gasteiger charge is 2.24. The molecule has 1 atom stereocenters. The van der Waals surface area contributed by atoms with Crippen LogP contribution in [0.25, 0.3) is 116 Å². The Labute approximate surface area is 432 Å². The van der Waals surface area contributed by atoms with E-state index in [0.29, 0.717) is 23.5 Å². The zero-order chi connectivity index (χ0) is 49.4. The van der Waals surface area contributed by atoms with Crippen molar-refractivity contribution in [3.63, 3.8) is 0 Å². The van der Waals surface area contributed by atoms with E-state index in [-0.39, 0.29) is 0 Å². The van der Waals surface area contributed by atoms with Gasteiger partial charge in [-0.15, -0.1) is 0 Å². The highest BCUT2D eigenvalue weighted by Crippen LogP contribution is 2.56. The largest absolute Gasteiger partial charge is 0.440 e. The Bertz CT molecular complexity index is 4540. The Morgan fingerprint density at radius 1 is 0.347 bits per heavy atom. The summed E-state index contributed by atoms with van der Waals surface area (Å²) in [6.45, 7) is 0. The highest BCUT2D eigenvalue weighted by atomic mass is 31.1. The summed E-state index contributed by atoms with van der Waals surface area (Å²) in [6, 6.07) is 92.3. The van der Waals surface area contributed by atoms with Crippen LogP contribution in [0.4, 0.5) is 17.3 Å². The molecule has 0 aliphatic carbocycles. The summed E-state index contributed by atoms with van der Waals surface area (Å²) < 4.78 is 11.7. The zero-order valence-corrected chi connectivity index (χ0v) is 41.3. The summed E-state index contributed by atoms with van der Waals surface area (Å²) in [4.78, 5) is 17.9. The van der Waals surface area contributed by atoms with Crippen molar-refractivity contribution in [1.82, 2.24) is 24.1 Å². The molecular formula is C67H43N6OP. The maximum atomic E-state index is 7.06. The van der Waals surface area contributed by atoms with Crippen LogP contribution < -0.4 is 4.90 Å². The molecule has 15 rings (SSSR count). The van der Waals surface area contributed by atoms with Crippen molar-refractivity contribution in [2.75, 3.05) is 4.90 Å². The molecule has 1 unspecified atom stereocenters. The van der Waals surface area contributed by atoms with Crippen molar-refractivity contribution in [2.45, 2.75) is 0 Å². The first-order chi connectivity index (χ1) is 37.2. The van der Waals surface area contributed by atoms with E-state index in [4.69, 9.17) is 19.4 Å². The van der Waals surface area contributed by atoms with Gasteiger partial charge in [0.15, 0.2) is 11.6 Å². The van der Waals surface area contributed by atoms with Gasteiger partial charge in [-0.25, -0.2) is 4.98 Å². The molecule has 0 radical (unpaired) electrons. The van der Waals surface area contributed by atoms with Crippen molar-refractivity contribution in [3.8, 4) is 51.0 Å². The standard InChI is InChI=1S/C67H43N6OP/c1-5-20-44(21-6-1)65-68-66(45-22-7-2-8-23-45)70-67(69-65)73-59-37-36-46(40-54(59)55-42-56-53-32-15-18-35-62(53)75(63(56)43-60(55)73)50-28-11-4-12-29-50)61-38-39-64(74-61)71(47-24-9-3-10-25-47)48-26-19-27-49(41-48)72-57-33-16-13-30-51(57)52-31-14-17-34-58(52)72/h1-43H. The third-order valence-electron chi connectivity index (χ3n) is 14.5. The van der Waals surface area contributed by atoms with Gasteiger partial charge in [-0.05, 0) is 94.9 Å². The van der Waals surface area contributed by atoms with Crippen molar-refractivity contribution >= 4 is 89.4 Å². The average molecular weight is 979 g/mol. The molecule has 0 saturated heterocycles. The van der Waals surface area contributed by atoms with Gasteiger partial charge in [-0.3, -0.25) is 9.47 Å². The number of para-hydroxylation sites is 3. The summed E-state index contributed by atoms with van der Waals surface area (Å²) in [6.07, 6.45) is 0. The van der Waals surface area contributed by atoms with Gasteiger partial charge in [0.05, 0.1) is 27.8 Å². The maximum absolute atomic E-state index is 7.06. The van der Waals surface area contributed by atoms with Crippen molar-refractivity contribution in [1.29, 1.82) is 0 Å². The molecule has 0 amide bonds. The van der Waals surface area contributed by atoms with Gasteiger partial charge < -0.3 is 8.98 Å². The number of furan rings is 1. The molecule has 0 aliphatic rings. The van der Waals surface area contributed by atoms with Crippen molar-refractivity contribution < 1.29 is 4.42 Å². The summed E-state index contributed by atoms with van der Waals surface area (Å²) in [5.41, 5.74) is 10.2. The molecule has 8 heteroatoms. The second kappa shape index (κ2) is 17.5. The minimum absolute atomic E-state index is 0.553. The Morgan fingerprint density at radius 2 is 0.920 bits per heavy atom. The molecule has 0 bridgehead atoms. The van der Waals surface area contributed by atoms with Gasteiger partial charge in [-0.2, -0.15) is 9.97 Å². The molecule has 0 fully saturated rings. The summed E-state index contributed by atoms with van der Waals surface area (Å²) >= 11 is 0. The Hall–Kier alpha value is -9.81. The lowest BCUT2D eigenvalue weighted by molar-refractivity contribution is 0.588. The van der Waals surface area contributed by atoms with Crippen LogP contribution in [0.1, 0.15) is 0 Å². The molecule has 5 heterocycles. The molecule has 0 saturated carbocycles. The van der Waals surface area contributed by atoms with Gasteiger partial charge in [0.25, 0.3) is 0 Å². The lowest BCUT2D eigenvalue weighted by atomic mass is 10.1. The second-order valence-electron chi connectivity index (χ2n) is 18.9. The van der Waals surface area contributed by atoms with E-state index in [1.165, 1.54) is 37.1 Å². The van der Waals surface area contributed by atoms with Crippen LogP contribution in [0.15, 0.2) is 265 Å². The van der Waals surface area contributed by atoms with Gasteiger partial charge in [-0.1, -0.05) is 183 Å². The number of hydrogen-bond acceptors (Lipinski definition) is 5. The SMILES string of the molecule is c1ccc(-c2nc(-c3ccccc3)nc(-n3c4ccc(-c5ccc(N(c6ccccc6)c6cccc(-n7c8ccccc8c8ccccc87)c6)o5)cc4c4cc5c6ccccc6p(-c6ccccc6)c5cc43)n2)cc1. The number of anilines is 3. The zero-order valence-electron chi connectivity index (χ0n) is 40.4. The molecular weight excluding hydrogens is 936 g/mol. The number of hydrogen-bond donors (Lipinski definition) is 0. The van der Waals surface area contributed by atoms with Gasteiger partial charge >= 0.3 is 0 Å². The smallest absolute Gasteiger partial charge is 0.238 e. The first-order valence-electron chi connectivity index (χ1n) is 25.2. The first kappa shape index (κ1) is 42.8. The molecule has 0 N–H and O–H groups in total. The predicted molar refractivity (Wildman–Crippen MR) is 311 cm³/mol. The van der Waals surface area contributed by atoms with Crippen LogP contribution in [0.2, 0.25) is 0 Å². The summed E-state index contributed by atoms with van der Waals surface area (Å²) in [7, 11) is -0.842. The highest BCUT2D eigenvalue weighted by molar-refractivity contribution is 7.68. The van der Waals surface area contributed by atoms with Crippen LogP contribution in [0.3, 0.4) is 0 Å². The van der Waals surface area contributed by atoms with Gasteiger partial charge in [0.2, 0.25) is 11.8 Å². The molecule has 352 valence electrons. The molecule has 5 aromatic heterocycles. The minimum Gasteiger partial charge on any atom is -0.440 e. The summed E-state index contributed by atoms with van der Waals surface area (Å²) in [5.74, 6) is 3.23. The third-order valence-corrected chi connectivity index (χ3v) is 17.0. The number of rotatable bonds is 9. The van der Waals surface area contributed by atoms with E-state index in [1.54, 1.807) is 0 Å². The van der Waals surface area contributed by atoms with Crippen LogP contribution in [-0.2, 0) is 0 Å². The summed E-state index contributed by atoms with van der Waals surface area (Å²) in [5, 5.41) is 11.1. The van der Waals surface area contributed by atoms with Gasteiger partial charge in [0.1, 0.15) is 5.76 Å². The van der Waals surface area contributed by atoms with Gasteiger partial charge in [0, 0.05) is 65.9 Å². The van der Waals surface area contributed by atoms with E-state index in [2.05, 4.69) is 232 Å². The number of fused-ring (bicyclic) bond motifs is 9. The molecule has 75 heavy (non-hydrogen) atoms. The fourth-order valence-electron chi connectivity index (χ4n) is 11.2. The molecule has 0 aliphatic heterocycles. The first-order valence-corrected chi connectivity index (χ1v) is 26.5. The number of nitrogens with zero attached hydrogens (tertiary/aromatic N) is 6. The second-order valence-corrected chi connectivity index (χ2v) is 21.0. The number of benzene rings is 10. The van der Waals surface area contributed by atoms with Crippen LogP contribution in [-0.4, -0.2) is 24.1 Å². The van der Waals surface area contributed by atoms with Crippen LogP contribution in [0.5, 0.6) is 0 Å². The van der Waals surface area contributed by atoms with E-state index in [1.807, 2.05) is 42.5 Å². The Balaban J connectivity index is 0.930. The monoisotopic (exact) mass is 978 g/mol. The lowest BCUT2D eigenvalue weighted by Gasteiger charge is -2.23. The molecule has 15 aromatic rings. The number of aromatic nitrogens is 5. The van der Waals surface area contributed by atoms with E-state index < -0.39 is 7.53 Å². The topological polar surface area (TPSA) is 64.9 Å². The van der Waals surface area contributed by atoms with Crippen molar-refractivity contribution in [2.24, 2.45) is 0 Å². The quantitative estimate of drug-likeness (QED) is 0.144. The fourth-order valence-corrected chi connectivity index (χ4v) is 13.8. The molecule has 7 nitrogen and oxygen atoms in total. The Morgan fingerprint density at radius 3 is 1.61 bits per heavy atom. The maximum Gasteiger partial charge on any atom is 0.238 e. The van der Waals surface area contributed by atoms with Crippen LogP contribution in [0, 0.1) is 0 Å². The fraction of sp³-hybridized carbons (Fsp3) is 0. The molecule has 10 aromatic carbocycles. The minimum atomic E-state index is -0.842.